The standard InChI is InChI=1S/C12H18N4O2.2ClH/c1-16(2)8-7-14-12(13)15-10-5-3-9(4-6-10)11(17)18;;/h3-6H,7-8H2,1-2H3,(H,17,18)(H3,13,14,15);2*1H. The van der Waals surface area contributed by atoms with Gasteiger partial charge in [0.2, 0.25) is 0 Å². The molecule has 1 rings (SSSR count). The molecule has 0 radical (unpaired) electrons. The van der Waals surface area contributed by atoms with Crippen molar-refractivity contribution in [2.24, 2.45) is 0 Å². The minimum absolute atomic E-state index is 0. The molecule has 0 unspecified atom stereocenters. The van der Waals surface area contributed by atoms with Crippen molar-refractivity contribution >= 4 is 42.4 Å². The number of nitrogens with one attached hydrogen (secondary N) is 3. The van der Waals surface area contributed by atoms with E-state index in [2.05, 4.69) is 10.6 Å². The van der Waals surface area contributed by atoms with Gasteiger partial charge in [-0.1, -0.05) is 0 Å². The number of carboxylic acid groups (broad SMARTS) is 1. The van der Waals surface area contributed by atoms with Crippen molar-refractivity contribution in [2.75, 3.05) is 32.5 Å². The number of nitrogens with zero attached hydrogens (tertiary/aromatic N) is 1. The van der Waals surface area contributed by atoms with Gasteiger partial charge in [0.05, 0.1) is 5.56 Å². The van der Waals surface area contributed by atoms with Crippen LogP contribution in [0, 0.1) is 5.41 Å². The average molecular weight is 323 g/mol. The topological polar surface area (TPSA) is 88.5 Å². The molecule has 1 aromatic rings. The van der Waals surface area contributed by atoms with Gasteiger partial charge in [-0.15, -0.1) is 24.8 Å². The van der Waals surface area contributed by atoms with Crippen LogP contribution in [0.1, 0.15) is 10.4 Å². The fourth-order valence-electron chi connectivity index (χ4n) is 1.29. The largest absolute Gasteiger partial charge is 0.478 e. The number of benzene rings is 1. The van der Waals surface area contributed by atoms with Gasteiger partial charge in [-0.05, 0) is 38.4 Å². The van der Waals surface area contributed by atoms with Crippen LogP contribution in [-0.2, 0) is 0 Å². The van der Waals surface area contributed by atoms with E-state index < -0.39 is 5.97 Å². The number of anilines is 1. The highest BCUT2D eigenvalue weighted by molar-refractivity contribution is 5.92. The zero-order valence-corrected chi connectivity index (χ0v) is 13.0. The summed E-state index contributed by atoms with van der Waals surface area (Å²) in [5.74, 6) is -0.763. The summed E-state index contributed by atoms with van der Waals surface area (Å²) in [5.41, 5.74) is 0.912. The van der Waals surface area contributed by atoms with Gasteiger partial charge in [0.25, 0.3) is 0 Å². The number of rotatable bonds is 5. The van der Waals surface area contributed by atoms with E-state index in [-0.39, 0.29) is 36.3 Å². The van der Waals surface area contributed by atoms with E-state index in [1.54, 1.807) is 12.1 Å². The smallest absolute Gasteiger partial charge is 0.335 e. The van der Waals surface area contributed by atoms with Gasteiger partial charge >= 0.3 is 5.97 Å². The molecular weight excluding hydrogens is 303 g/mol. The lowest BCUT2D eigenvalue weighted by atomic mass is 10.2. The first-order chi connectivity index (χ1) is 8.49. The average Bonchev–Trinajstić information content (AvgIpc) is 2.29. The van der Waals surface area contributed by atoms with Gasteiger partial charge in [0, 0.05) is 18.8 Å². The van der Waals surface area contributed by atoms with Crippen molar-refractivity contribution in [3.8, 4) is 0 Å². The normalized spacial score (nSPS) is 9.15. The molecule has 0 aromatic heterocycles. The van der Waals surface area contributed by atoms with E-state index in [9.17, 15) is 4.79 Å². The van der Waals surface area contributed by atoms with E-state index in [4.69, 9.17) is 10.5 Å². The van der Waals surface area contributed by atoms with Crippen molar-refractivity contribution in [3.63, 3.8) is 0 Å². The summed E-state index contributed by atoms with van der Waals surface area (Å²) < 4.78 is 0. The minimum atomic E-state index is -0.958. The van der Waals surface area contributed by atoms with Crippen LogP contribution in [0.15, 0.2) is 24.3 Å². The number of likely N-dealkylation sites (N-methyl/N-ethyl adjacent to an activating group) is 1. The lowest BCUT2D eigenvalue weighted by Gasteiger charge is -2.13. The maximum absolute atomic E-state index is 10.7. The van der Waals surface area contributed by atoms with E-state index in [1.807, 2.05) is 19.0 Å². The number of carboxylic acids is 1. The highest BCUT2D eigenvalue weighted by Crippen LogP contribution is 2.08. The summed E-state index contributed by atoms with van der Waals surface area (Å²) >= 11 is 0. The summed E-state index contributed by atoms with van der Waals surface area (Å²) in [6.07, 6.45) is 0. The Morgan fingerprint density at radius 1 is 1.25 bits per heavy atom. The summed E-state index contributed by atoms with van der Waals surface area (Å²) in [7, 11) is 3.92. The summed E-state index contributed by atoms with van der Waals surface area (Å²) in [4.78, 5) is 12.7. The minimum Gasteiger partial charge on any atom is -0.478 e. The molecule has 0 atom stereocenters. The molecule has 20 heavy (non-hydrogen) atoms. The Hall–Kier alpha value is -1.50. The number of aromatic carboxylic acids is 1. The zero-order chi connectivity index (χ0) is 13.5. The Labute approximate surface area is 130 Å². The van der Waals surface area contributed by atoms with Crippen molar-refractivity contribution in [1.29, 1.82) is 5.41 Å². The molecule has 0 heterocycles. The Kier molecular flexibility index (Phi) is 10.7. The molecule has 8 heteroatoms. The molecule has 0 fully saturated rings. The van der Waals surface area contributed by atoms with E-state index >= 15 is 0 Å². The first-order valence-corrected chi connectivity index (χ1v) is 5.56. The molecule has 0 saturated carbocycles. The summed E-state index contributed by atoms with van der Waals surface area (Å²) in [5, 5.41) is 22.2. The Bertz CT molecular complexity index is 424. The van der Waals surface area contributed by atoms with Crippen LogP contribution in [0.4, 0.5) is 5.69 Å². The fourth-order valence-corrected chi connectivity index (χ4v) is 1.29. The predicted molar refractivity (Wildman–Crippen MR) is 85.8 cm³/mol. The van der Waals surface area contributed by atoms with Crippen molar-refractivity contribution in [3.05, 3.63) is 29.8 Å². The van der Waals surface area contributed by atoms with Crippen molar-refractivity contribution < 1.29 is 9.90 Å². The summed E-state index contributed by atoms with van der Waals surface area (Å²) in [6.45, 7) is 1.51. The molecule has 0 amide bonds. The lowest BCUT2D eigenvalue weighted by molar-refractivity contribution is 0.0697. The summed E-state index contributed by atoms with van der Waals surface area (Å²) in [6, 6.07) is 6.26. The van der Waals surface area contributed by atoms with E-state index in [1.165, 1.54) is 12.1 Å². The molecule has 114 valence electrons. The maximum Gasteiger partial charge on any atom is 0.335 e. The second-order valence-corrected chi connectivity index (χ2v) is 4.11. The van der Waals surface area contributed by atoms with Gasteiger partial charge in [0.1, 0.15) is 0 Å². The number of halogens is 2. The van der Waals surface area contributed by atoms with Crippen molar-refractivity contribution in [2.45, 2.75) is 0 Å². The third kappa shape index (κ3) is 7.83. The molecule has 0 spiro atoms. The Morgan fingerprint density at radius 3 is 2.25 bits per heavy atom. The quantitative estimate of drug-likeness (QED) is 0.489. The van der Waals surface area contributed by atoms with Crippen LogP contribution in [0.2, 0.25) is 0 Å². The highest BCUT2D eigenvalue weighted by atomic mass is 35.5. The second kappa shape index (κ2) is 10.3. The molecule has 1 aromatic carbocycles. The fraction of sp³-hybridized carbons (Fsp3) is 0.333. The molecule has 6 nitrogen and oxygen atoms in total. The van der Waals surface area contributed by atoms with Crippen LogP contribution >= 0.6 is 24.8 Å². The first-order valence-electron chi connectivity index (χ1n) is 5.56. The van der Waals surface area contributed by atoms with Gasteiger partial charge < -0.3 is 20.6 Å². The van der Waals surface area contributed by atoms with Crippen LogP contribution in [-0.4, -0.2) is 49.1 Å². The first kappa shape index (κ1) is 20.8. The van der Waals surface area contributed by atoms with E-state index in [0.29, 0.717) is 12.2 Å². The van der Waals surface area contributed by atoms with Gasteiger partial charge in [-0.2, -0.15) is 0 Å². The second-order valence-electron chi connectivity index (χ2n) is 4.11. The van der Waals surface area contributed by atoms with Gasteiger partial charge in [-0.25, -0.2) is 4.79 Å². The van der Waals surface area contributed by atoms with Crippen LogP contribution < -0.4 is 10.6 Å². The highest BCUT2D eigenvalue weighted by Gasteiger charge is 2.02. The molecule has 0 bridgehead atoms. The van der Waals surface area contributed by atoms with Crippen LogP contribution in [0.3, 0.4) is 0 Å². The van der Waals surface area contributed by atoms with Crippen LogP contribution in [0.25, 0.3) is 0 Å². The predicted octanol–water partition coefficient (Wildman–Crippen LogP) is 1.73. The molecule has 0 aliphatic carbocycles. The number of hydrogen-bond donors (Lipinski definition) is 4. The molecule has 0 saturated heterocycles. The molecular formula is C12H20Cl2N4O2. The van der Waals surface area contributed by atoms with Gasteiger partial charge in [-0.3, -0.25) is 5.41 Å². The van der Waals surface area contributed by atoms with Crippen LogP contribution in [0.5, 0.6) is 0 Å². The third-order valence-electron chi connectivity index (χ3n) is 2.26. The SMILES string of the molecule is CN(C)CCNC(=N)Nc1ccc(C(=O)O)cc1.Cl.Cl. The van der Waals surface area contributed by atoms with Gasteiger partial charge in [0.15, 0.2) is 5.96 Å². The maximum atomic E-state index is 10.7. The Balaban J connectivity index is 0. The van der Waals surface area contributed by atoms with Crippen molar-refractivity contribution in [1.82, 2.24) is 10.2 Å². The third-order valence-corrected chi connectivity index (χ3v) is 2.26. The van der Waals surface area contributed by atoms with E-state index in [0.717, 1.165) is 6.54 Å². The Morgan fingerprint density at radius 2 is 1.80 bits per heavy atom. The lowest BCUT2D eigenvalue weighted by Crippen LogP contribution is -2.34. The molecule has 4 N–H and O–H groups in total. The zero-order valence-electron chi connectivity index (χ0n) is 11.3. The monoisotopic (exact) mass is 322 g/mol. The number of hydrogen-bond acceptors (Lipinski definition) is 3. The molecule has 0 aliphatic heterocycles. The molecule has 0 aliphatic rings. The number of guanidine groups is 1. The number of carbonyl (C=O) groups is 1.